The molecule has 0 aliphatic carbocycles. The number of hydrogen-bond acceptors (Lipinski definition) is 6. The Hall–Kier alpha value is -3.45. The van der Waals surface area contributed by atoms with Gasteiger partial charge in [-0.05, 0) is 53.1 Å². The molecular formula is C23H18FNO4S. The van der Waals surface area contributed by atoms with Crippen molar-refractivity contribution in [1.29, 1.82) is 0 Å². The fourth-order valence-corrected chi connectivity index (χ4v) is 4.05. The minimum atomic E-state index is -0.729. The lowest BCUT2D eigenvalue weighted by atomic mass is 10.0. The van der Waals surface area contributed by atoms with Crippen LogP contribution in [-0.4, -0.2) is 25.3 Å². The van der Waals surface area contributed by atoms with Crippen LogP contribution in [0.2, 0.25) is 0 Å². The van der Waals surface area contributed by atoms with E-state index in [1.54, 1.807) is 30.6 Å². The first-order valence-electron chi connectivity index (χ1n) is 9.08. The molecule has 0 unspecified atom stereocenters. The highest BCUT2D eigenvalue weighted by Crippen LogP contribution is 2.37. The van der Waals surface area contributed by atoms with Gasteiger partial charge in [-0.15, -0.1) is 0 Å². The number of methoxy groups -OCH3 is 2. The van der Waals surface area contributed by atoms with Crippen LogP contribution in [0.3, 0.4) is 0 Å². The Morgan fingerprint density at radius 1 is 1.03 bits per heavy atom. The number of aryl methyl sites for hydroxylation is 1. The van der Waals surface area contributed by atoms with E-state index < -0.39 is 11.8 Å². The predicted molar refractivity (Wildman–Crippen MR) is 113 cm³/mol. The van der Waals surface area contributed by atoms with E-state index in [1.807, 2.05) is 18.2 Å². The van der Waals surface area contributed by atoms with Crippen LogP contribution in [0.25, 0.3) is 33.7 Å². The summed E-state index contributed by atoms with van der Waals surface area (Å²) in [7, 11) is 2.83. The van der Waals surface area contributed by atoms with Gasteiger partial charge in [-0.1, -0.05) is 17.3 Å². The molecule has 0 saturated heterocycles. The van der Waals surface area contributed by atoms with Gasteiger partial charge in [0.15, 0.2) is 5.76 Å². The molecule has 0 aliphatic heterocycles. The van der Waals surface area contributed by atoms with Gasteiger partial charge in [-0.3, -0.25) is 0 Å². The smallest absolute Gasteiger partial charge is 0.340 e. The number of carbonyl (C=O) groups is 1. The molecular weight excluding hydrogens is 405 g/mol. The molecule has 7 heteroatoms. The van der Waals surface area contributed by atoms with Crippen molar-refractivity contribution in [1.82, 2.24) is 5.16 Å². The summed E-state index contributed by atoms with van der Waals surface area (Å²) in [6.07, 6.45) is 0. The number of hydrogen-bond donors (Lipinski definition) is 0. The van der Waals surface area contributed by atoms with Crippen molar-refractivity contribution in [3.05, 3.63) is 70.2 Å². The van der Waals surface area contributed by atoms with Crippen molar-refractivity contribution >= 4 is 17.3 Å². The molecule has 0 bridgehead atoms. The number of nitrogens with zero attached hydrogens (tertiary/aromatic N) is 1. The van der Waals surface area contributed by atoms with Gasteiger partial charge in [0.2, 0.25) is 0 Å². The summed E-state index contributed by atoms with van der Waals surface area (Å²) in [4.78, 5) is 11.6. The first-order valence-corrected chi connectivity index (χ1v) is 10.0. The van der Waals surface area contributed by atoms with Gasteiger partial charge in [0.05, 0.1) is 19.8 Å². The Labute approximate surface area is 176 Å². The topological polar surface area (TPSA) is 61.6 Å². The van der Waals surface area contributed by atoms with Crippen molar-refractivity contribution in [3.8, 4) is 39.5 Å². The fraction of sp³-hybridized carbons (Fsp3) is 0.130. The number of carbonyl (C=O) groups excluding carboxylic acids is 1. The number of ether oxygens (including phenoxy) is 2. The van der Waals surface area contributed by atoms with E-state index in [4.69, 9.17) is 9.26 Å². The molecule has 0 saturated carbocycles. The maximum absolute atomic E-state index is 14.2. The molecule has 4 rings (SSSR count). The largest absolute Gasteiger partial charge is 0.496 e. The molecule has 0 fully saturated rings. The van der Waals surface area contributed by atoms with Crippen molar-refractivity contribution in [3.63, 3.8) is 0 Å². The van der Waals surface area contributed by atoms with Crippen LogP contribution >= 0.6 is 11.3 Å². The maximum atomic E-state index is 14.2. The molecule has 2 heterocycles. The van der Waals surface area contributed by atoms with Crippen LogP contribution < -0.4 is 4.74 Å². The number of aromatic nitrogens is 1. The van der Waals surface area contributed by atoms with Gasteiger partial charge in [0.1, 0.15) is 17.3 Å². The summed E-state index contributed by atoms with van der Waals surface area (Å²) in [5, 5.41) is 8.23. The fourth-order valence-electron chi connectivity index (χ4n) is 3.20. The Balaban J connectivity index is 1.67. The lowest BCUT2D eigenvalue weighted by Gasteiger charge is -2.09. The van der Waals surface area contributed by atoms with Crippen molar-refractivity contribution in [2.75, 3.05) is 14.2 Å². The quantitative estimate of drug-likeness (QED) is 0.370. The first kappa shape index (κ1) is 19.8. The van der Waals surface area contributed by atoms with Crippen LogP contribution in [0.15, 0.2) is 57.7 Å². The second kappa shape index (κ2) is 8.12. The molecule has 0 radical (unpaired) electrons. The summed E-state index contributed by atoms with van der Waals surface area (Å²) in [5.74, 6) is -0.163. The molecule has 2 aromatic heterocycles. The molecule has 2 aromatic carbocycles. The predicted octanol–water partition coefficient (Wildman–Crippen LogP) is 5.98. The van der Waals surface area contributed by atoms with E-state index in [2.05, 4.69) is 27.6 Å². The van der Waals surface area contributed by atoms with Gasteiger partial charge in [0, 0.05) is 22.8 Å². The molecule has 30 heavy (non-hydrogen) atoms. The molecule has 0 N–H and O–H groups in total. The lowest BCUT2D eigenvalue weighted by molar-refractivity contribution is 0.0595. The van der Waals surface area contributed by atoms with Gasteiger partial charge >= 0.3 is 5.97 Å². The zero-order valence-corrected chi connectivity index (χ0v) is 17.4. The number of benzene rings is 2. The summed E-state index contributed by atoms with van der Waals surface area (Å²) in [6.45, 7) is 2.06. The van der Waals surface area contributed by atoms with E-state index in [0.717, 1.165) is 22.4 Å². The second-order valence-electron chi connectivity index (χ2n) is 6.65. The van der Waals surface area contributed by atoms with Crippen molar-refractivity contribution in [2.24, 2.45) is 0 Å². The van der Waals surface area contributed by atoms with Crippen molar-refractivity contribution in [2.45, 2.75) is 6.92 Å². The SMILES string of the molecule is COC(=O)c1ccc(-c2cc(-c3ccc(-c4cscc4C)c(OC)c3)on2)cc1F. The molecule has 0 spiro atoms. The van der Waals surface area contributed by atoms with Gasteiger partial charge in [-0.25, -0.2) is 9.18 Å². The van der Waals surface area contributed by atoms with Crippen molar-refractivity contribution < 1.29 is 23.2 Å². The molecule has 0 atom stereocenters. The van der Waals surface area contributed by atoms with Crippen LogP contribution in [0.1, 0.15) is 15.9 Å². The Morgan fingerprint density at radius 3 is 2.50 bits per heavy atom. The van der Waals surface area contributed by atoms with Crippen LogP contribution in [0.5, 0.6) is 5.75 Å². The van der Waals surface area contributed by atoms with E-state index >= 15 is 0 Å². The van der Waals surface area contributed by atoms with Gasteiger partial charge in [-0.2, -0.15) is 11.3 Å². The minimum Gasteiger partial charge on any atom is -0.496 e. The van der Waals surface area contributed by atoms with E-state index in [0.29, 0.717) is 17.0 Å². The average molecular weight is 423 g/mol. The van der Waals surface area contributed by atoms with E-state index in [1.165, 1.54) is 24.8 Å². The monoisotopic (exact) mass is 423 g/mol. The van der Waals surface area contributed by atoms with Gasteiger partial charge < -0.3 is 14.0 Å². The highest BCUT2D eigenvalue weighted by atomic mass is 32.1. The highest BCUT2D eigenvalue weighted by Gasteiger charge is 2.17. The first-order chi connectivity index (χ1) is 14.5. The zero-order chi connectivity index (χ0) is 21.3. The Kier molecular flexibility index (Phi) is 5.37. The normalized spacial score (nSPS) is 10.8. The maximum Gasteiger partial charge on any atom is 0.340 e. The molecule has 0 amide bonds. The Morgan fingerprint density at radius 2 is 1.83 bits per heavy atom. The third-order valence-electron chi connectivity index (χ3n) is 4.81. The summed E-state index contributed by atoms with van der Waals surface area (Å²) < 4.78 is 29.9. The second-order valence-corrected chi connectivity index (χ2v) is 7.39. The van der Waals surface area contributed by atoms with Crippen LogP contribution in [0, 0.1) is 12.7 Å². The lowest BCUT2D eigenvalue weighted by Crippen LogP contribution is -2.04. The summed E-state index contributed by atoms with van der Waals surface area (Å²) >= 11 is 1.64. The minimum absolute atomic E-state index is 0.131. The van der Waals surface area contributed by atoms with Crippen LogP contribution in [-0.2, 0) is 4.74 Å². The van der Waals surface area contributed by atoms with Gasteiger partial charge in [0.25, 0.3) is 0 Å². The highest BCUT2D eigenvalue weighted by molar-refractivity contribution is 7.08. The number of rotatable bonds is 5. The standard InChI is InChI=1S/C23H18FNO4S/c1-13-11-30-12-18(13)16-6-5-15(9-22(16)27-2)21-10-20(25-29-21)14-4-7-17(19(24)8-14)23(26)28-3/h4-12H,1-3H3. The van der Waals surface area contributed by atoms with Crippen LogP contribution in [0.4, 0.5) is 4.39 Å². The molecule has 4 aromatic rings. The molecule has 152 valence electrons. The summed E-state index contributed by atoms with van der Waals surface area (Å²) in [6, 6.07) is 11.7. The summed E-state index contributed by atoms with van der Waals surface area (Å²) in [5.41, 5.74) is 4.92. The third kappa shape index (κ3) is 3.59. The van der Waals surface area contributed by atoms with E-state index in [9.17, 15) is 9.18 Å². The molecule has 0 aliphatic rings. The van der Waals surface area contributed by atoms with E-state index in [-0.39, 0.29) is 5.56 Å². The number of thiophene rings is 1. The average Bonchev–Trinajstić information content (AvgIpc) is 3.42. The third-order valence-corrected chi connectivity index (χ3v) is 5.67. The Bertz CT molecular complexity index is 1230. The zero-order valence-electron chi connectivity index (χ0n) is 16.6. The number of halogens is 1. The number of esters is 1. The molecule has 5 nitrogen and oxygen atoms in total.